The fourth-order valence-electron chi connectivity index (χ4n) is 1.69. The summed E-state index contributed by atoms with van der Waals surface area (Å²) >= 11 is 0.342. The molecule has 0 unspecified atom stereocenters. The number of benzene rings is 1. The van der Waals surface area contributed by atoms with Crippen LogP contribution in [0.4, 0.5) is 0 Å². The molecule has 0 saturated carbocycles. The molecule has 0 spiro atoms. The molecule has 0 aliphatic carbocycles. The van der Waals surface area contributed by atoms with Crippen LogP contribution in [0, 0.1) is 13.8 Å². The van der Waals surface area contributed by atoms with Gasteiger partial charge in [0, 0.05) is 0 Å². The van der Waals surface area contributed by atoms with Crippen molar-refractivity contribution in [3.05, 3.63) is 23.3 Å². The molecule has 0 amide bonds. The van der Waals surface area contributed by atoms with E-state index in [0.717, 1.165) is 5.56 Å². The molecule has 9 heteroatoms. The van der Waals surface area contributed by atoms with Crippen molar-refractivity contribution in [3.63, 3.8) is 0 Å². The molecular formula is C11H16O7S2. The van der Waals surface area contributed by atoms with Gasteiger partial charge in [-0.25, -0.2) is 13.7 Å². The first kappa shape index (κ1) is 17.2. The van der Waals surface area contributed by atoms with Crippen LogP contribution in [0.2, 0.25) is 0 Å². The minimum atomic E-state index is -3.50. The van der Waals surface area contributed by atoms with E-state index in [1.165, 1.54) is 13.2 Å². The zero-order chi connectivity index (χ0) is 15.2. The second-order valence-corrected chi connectivity index (χ2v) is 6.52. The van der Waals surface area contributed by atoms with Crippen molar-refractivity contribution in [2.75, 3.05) is 19.5 Å². The summed E-state index contributed by atoms with van der Waals surface area (Å²) in [5.74, 6) is 0.281. The Balaban J connectivity index is 2.82. The number of aryl methyl sites for hydroxylation is 2. The quantitative estimate of drug-likeness (QED) is 0.336. The standard InChI is InChI=1S/C11H16O7S2/c1-8-6-9(2)11(7-10(8)15-3)20(13,14)5-4-16-19-18-17-12/h6-7,12H,4-5H2,1-3H3. The fourth-order valence-corrected chi connectivity index (χ4v) is 3.37. The Kier molecular flexibility index (Phi) is 6.72. The highest BCUT2D eigenvalue weighted by atomic mass is 32.2. The number of rotatable bonds is 8. The van der Waals surface area contributed by atoms with Gasteiger partial charge in [0.15, 0.2) is 22.2 Å². The van der Waals surface area contributed by atoms with E-state index in [1.807, 2.05) is 6.92 Å². The maximum Gasteiger partial charge on any atom is 0.197 e. The summed E-state index contributed by atoms with van der Waals surface area (Å²) in [6, 6.07) is 3.25. The van der Waals surface area contributed by atoms with Crippen molar-refractivity contribution in [2.24, 2.45) is 0 Å². The Hall–Kier alpha value is -0.840. The summed E-state index contributed by atoms with van der Waals surface area (Å²) in [6.45, 7) is 3.44. The smallest absolute Gasteiger partial charge is 0.197 e. The van der Waals surface area contributed by atoms with E-state index >= 15 is 0 Å². The second-order valence-electron chi connectivity index (χ2n) is 3.94. The van der Waals surface area contributed by atoms with E-state index in [4.69, 9.17) is 14.2 Å². The fraction of sp³-hybridized carbons (Fsp3) is 0.455. The Morgan fingerprint density at radius 2 is 1.95 bits per heavy atom. The minimum Gasteiger partial charge on any atom is -0.496 e. The molecule has 0 aliphatic rings. The van der Waals surface area contributed by atoms with Gasteiger partial charge in [-0.2, -0.15) is 0 Å². The molecule has 0 heterocycles. The van der Waals surface area contributed by atoms with Crippen molar-refractivity contribution in [1.82, 2.24) is 0 Å². The third kappa shape index (κ3) is 4.62. The lowest BCUT2D eigenvalue weighted by atomic mass is 10.1. The van der Waals surface area contributed by atoms with Gasteiger partial charge in [-0.05, 0) is 31.0 Å². The molecule has 0 fully saturated rings. The van der Waals surface area contributed by atoms with Crippen molar-refractivity contribution >= 4 is 22.2 Å². The van der Waals surface area contributed by atoms with Gasteiger partial charge < -0.3 is 4.74 Å². The van der Waals surface area contributed by atoms with E-state index in [0.29, 0.717) is 23.6 Å². The third-order valence-electron chi connectivity index (χ3n) is 2.57. The predicted molar refractivity (Wildman–Crippen MR) is 72.9 cm³/mol. The molecular weight excluding hydrogens is 308 g/mol. The van der Waals surface area contributed by atoms with Gasteiger partial charge in [0.25, 0.3) is 0 Å². The van der Waals surface area contributed by atoms with E-state index in [2.05, 4.69) is 9.37 Å². The van der Waals surface area contributed by atoms with Crippen molar-refractivity contribution in [1.29, 1.82) is 0 Å². The molecule has 1 aromatic carbocycles. The van der Waals surface area contributed by atoms with Crippen LogP contribution in [0.15, 0.2) is 17.0 Å². The summed E-state index contributed by atoms with van der Waals surface area (Å²) in [5.41, 5.74) is 1.51. The molecule has 0 atom stereocenters. The van der Waals surface area contributed by atoms with Gasteiger partial charge in [0.1, 0.15) is 5.75 Å². The van der Waals surface area contributed by atoms with Crippen LogP contribution in [-0.2, 0) is 23.4 Å². The third-order valence-corrected chi connectivity index (χ3v) is 4.76. The van der Waals surface area contributed by atoms with Gasteiger partial charge in [-0.1, -0.05) is 11.1 Å². The number of sulfone groups is 1. The molecule has 20 heavy (non-hydrogen) atoms. The molecule has 0 bridgehead atoms. The number of ether oxygens (including phenoxy) is 1. The SMILES string of the molecule is COc1cc(S(=O)(=O)CCOSOOO)c(C)cc1C. The Morgan fingerprint density at radius 1 is 1.25 bits per heavy atom. The Labute approximate surface area is 122 Å². The summed E-state index contributed by atoms with van der Waals surface area (Å²) in [7, 11) is -2.02. The maximum atomic E-state index is 12.2. The molecule has 114 valence electrons. The average molecular weight is 324 g/mol. The molecule has 0 saturated heterocycles. The van der Waals surface area contributed by atoms with Gasteiger partial charge in [0.2, 0.25) is 0 Å². The number of methoxy groups -OCH3 is 1. The first-order chi connectivity index (χ1) is 9.42. The lowest BCUT2D eigenvalue weighted by Crippen LogP contribution is -2.13. The van der Waals surface area contributed by atoms with Crippen LogP contribution in [-0.4, -0.2) is 33.1 Å². The van der Waals surface area contributed by atoms with Crippen LogP contribution in [0.5, 0.6) is 5.75 Å². The Morgan fingerprint density at radius 3 is 2.55 bits per heavy atom. The van der Waals surface area contributed by atoms with Gasteiger partial charge in [-0.15, -0.1) is 4.33 Å². The van der Waals surface area contributed by atoms with Gasteiger partial charge in [0.05, 0.1) is 24.4 Å². The number of hydrogen-bond acceptors (Lipinski definition) is 8. The van der Waals surface area contributed by atoms with Crippen molar-refractivity contribution in [3.8, 4) is 5.75 Å². The van der Waals surface area contributed by atoms with Gasteiger partial charge >= 0.3 is 0 Å². The van der Waals surface area contributed by atoms with Crippen LogP contribution < -0.4 is 4.74 Å². The monoisotopic (exact) mass is 324 g/mol. The van der Waals surface area contributed by atoms with Crippen LogP contribution in [0.3, 0.4) is 0 Å². The Bertz CT molecular complexity index is 542. The molecule has 1 rings (SSSR count). The molecule has 0 aromatic heterocycles. The molecule has 1 aromatic rings. The molecule has 1 N–H and O–H groups in total. The summed E-state index contributed by atoms with van der Waals surface area (Å²) in [5, 5.41) is 11.2. The zero-order valence-electron chi connectivity index (χ0n) is 11.3. The largest absolute Gasteiger partial charge is 0.496 e. The van der Waals surface area contributed by atoms with Crippen molar-refractivity contribution < 1.29 is 32.0 Å². The number of hydrogen-bond donors (Lipinski definition) is 1. The highest BCUT2D eigenvalue weighted by molar-refractivity contribution is 7.91. The van der Waals surface area contributed by atoms with E-state index in [9.17, 15) is 8.42 Å². The highest BCUT2D eigenvalue weighted by Gasteiger charge is 2.19. The van der Waals surface area contributed by atoms with Crippen LogP contribution in [0.1, 0.15) is 11.1 Å². The first-order valence-electron chi connectivity index (χ1n) is 5.56. The van der Waals surface area contributed by atoms with E-state index in [-0.39, 0.29) is 17.3 Å². The van der Waals surface area contributed by atoms with E-state index < -0.39 is 9.84 Å². The molecule has 0 radical (unpaired) electrons. The van der Waals surface area contributed by atoms with Crippen LogP contribution >= 0.6 is 12.3 Å². The summed E-state index contributed by atoms with van der Waals surface area (Å²) in [6.07, 6.45) is 0. The normalized spacial score (nSPS) is 11.6. The second kappa shape index (κ2) is 7.81. The lowest BCUT2D eigenvalue weighted by molar-refractivity contribution is -0.434. The topological polar surface area (TPSA) is 91.3 Å². The first-order valence-corrected chi connectivity index (χ1v) is 7.88. The average Bonchev–Trinajstić information content (AvgIpc) is 2.38. The highest BCUT2D eigenvalue weighted by Crippen LogP contribution is 2.26. The summed E-state index contributed by atoms with van der Waals surface area (Å²) in [4.78, 5) is 0.202. The van der Waals surface area contributed by atoms with Crippen molar-refractivity contribution in [2.45, 2.75) is 18.7 Å². The van der Waals surface area contributed by atoms with Gasteiger partial charge in [-0.3, -0.25) is 4.18 Å². The predicted octanol–water partition coefficient (Wildman–Crippen LogP) is 2.09. The summed E-state index contributed by atoms with van der Waals surface area (Å²) < 4.78 is 38.2. The van der Waals surface area contributed by atoms with Crippen LogP contribution in [0.25, 0.3) is 0 Å². The minimum absolute atomic E-state index is 0.119. The molecule has 7 nitrogen and oxygen atoms in total. The van der Waals surface area contributed by atoms with E-state index in [1.54, 1.807) is 13.0 Å². The zero-order valence-corrected chi connectivity index (χ0v) is 12.9. The maximum absolute atomic E-state index is 12.2. The lowest BCUT2D eigenvalue weighted by Gasteiger charge is -2.11. The molecule has 0 aliphatic heterocycles.